The summed E-state index contributed by atoms with van der Waals surface area (Å²) in [5.41, 5.74) is 1.46. The van der Waals surface area contributed by atoms with Gasteiger partial charge in [0, 0.05) is 31.6 Å². The maximum atomic E-state index is 12.5. The lowest BCUT2D eigenvalue weighted by atomic mass is 9.91. The van der Waals surface area contributed by atoms with Gasteiger partial charge in [0.1, 0.15) is 0 Å². The summed E-state index contributed by atoms with van der Waals surface area (Å²) < 4.78 is 0. The number of hydrogen-bond donors (Lipinski definition) is 1. The highest BCUT2D eigenvalue weighted by Gasteiger charge is 2.26. The second-order valence-corrected chi connectivity index (χ2v) is 8.25. The Morgan fingerprint density at radius 1 is 1.12 bits per heavy atom. The van der Waals surface area contributed by atoms with Gasteiger partial charge >= 0.3 is 0 Å². The van der Waals surface area contributed by atoms with Gasteiger partial charge in [0.25, 0.3) is 0 Å². The van der Waals surface area contributed by atoms with Gasteiger partial charge in [-0.1, -0.05) is 30.3 Å². The number of nitrogens with zero attached hydrogens (tertiary/aromatic N) is 2. The van der Waals surface area contributed by atoms with Crippen LogP contribution in [0.2, 0.25) is 0 Å². The molecule has 0 aliphatic carbocycles. The van der Waals surface area contributed by atoms with Crippen molar-refractivity contribution in [3.05, 3.63) is 35.9 Å². The van der Waals surface area contributed by atoms with Crippen LogP contribution in [0.25, 0.3) is 0 Å². The molecule has 0 spiro atoms. The molecule has 0 radical (unpaired) electrons. The predicted octanol–water partition coefficient (Wildman–Crippen LogP) is 3.10. The molecule has 0 saturated carbocycles. The molecule has 1 atom stereocenters. The van der Waals surface area contributed by atoms with Crippen LogP contribution in [0, 0.1) is 5.92 Å². The molecular formula is C22H35N3O. The van der Waals surface area contributed by atoms with Crippen LogP contribution in [0.4, 0.5) is 0 Å². The molecule has 1 aromatic carbocycles. The molecule has 1 unspecified atom stereocenters. The molecule has 1 amide bonds. The first-order valence-corrected chi connectivity index (χ1v) is 10.4. The lowest BCUT2D eigenvalue weighted by Gasteiger charge is -2.34. The number of amides is 1. The second-order valence-electron chi connectivity index (χ2n) is 8.25. The topological polar surface area (TPSA) is 35.6 Å². The van der Waals surface area contributed by atoms with Crippen LogP contribution in [0.3, 0.4) is 0 Å². The monoisotopic (exact) mass is 357 g/mol. The lowest BCUT2D eigenvalue weighted by molar-refractivity contribution is -0.126. The van der Waals surface area contributed by atoms with Gasteiger partial charge in [-0.25, -0.2) is 0 Å². The van der Waals surface area contributed by atoms with Crippen molar-refractivity contribution in [2.75, 3.05) is 39.3 Å². The van der Waals surface area contributed by atoms with E-state index in [0.29, 0.717) is 12.0 Å². The first-order chi connectivity index (χ1) is 12.6. The number of benzene rings is 1. The van der Waals surface area contributed by atoms with Gasteiger partial charge in [0.2, 0.25) is 5.91 Å². The molecule has 2 aliphatic heterocycles. The molecule has 144 valence electrons. The summed E-state index contributed by atoms with van der Waals surface area (Å²) in [4.78, 5) is 17.4. The molecule has 1 N–H and O–H groups in total. The summed E-state index contributed by atoms with van der Waals surface area (Å²) in [5.74, 6) is 1.12. The van der Waals surface area contributed by atoms with Crippen molar-refractivity contribution in [2.45, 2.75) is 51.5 Å². The average molecular weight is 358 g/mol. The second kappa shape index (κ2) is 9.52. The van der Waals surface area contributed by atoms with E-state index in [1.165, 1.54) is 18.4 Å². The number of rotatable bonds is 6. The lowest BCUT2D eigenvalue weighted by Crippen LogP contribution is -2.45. The largest absolute Gasteiger partial charge is 0.355 e. The zero-order chi connectivity index (χ0) is 18.4. The molecule has 2 fully saturated rings. The minimum absolute atomic E-state index is 0.212. The van der Waals surface area contributed by atoms with Crippen molar-refractivity contribution < 1.29 is 4.79 Å². The number of likely N-dealkylation sites (tertiary alicyclic amines) is 2. The van der Waals surface area contributed by atoms with Gasteiger partial charge < -0.3 is 15.1 Å². The quantitative estimate of drug-likeness (QED) is 0.850. The fourth-order valence-electron chi connectivity index (χ4n) is 4.42. The zero-order valence-corrected chi connectivity index (χ0v) is 16.5. The highest BCUT2D eigenvalue weighted by atomic mass is 16.1. The van der Waals surface area contributed by atoms with E-state index in [4.69, 9.17) is 0 Å². The minimum Gasteiger partial charge on any atom is -0.355 e. The molecule has 3 rings (SSSR count). The Balaban J connectivity index is 1.37. The molecule has 2 aliphatic rings. The van der Waals surface area contributed by atoms with E-state index >= 15 is 0 Å². The summed E-state index contributed by atoms with van der Waals surface area (Å²) in [6.45, 7) is 10.6. The van der Waals surface area contributed by atoms with Crippen LogP contribution in [0.1, 0.15) is 51.0 Å². The molecular weight excluding hydrogens is 322 g/mol. The van der Waals surface area contributed by atoms with Gasteiger partial charge in [-0.05, 0) is 70.6 Å². The molecule has 2 saturated heterocycles. The molecule has 4 heteroatoms. The maximum absolute atomic E-state index is 12.5. The third kappa shape index (κ3) is 5.31. The summed E-state index contributed by atoms with van der Waals surface area (Å²) in [7, 11) is 0. The summed E-state index contributed by atoms with van der Waals surface area (Å²) in [6, 6.07) is 11.5. The highest BCUT2D eigenvalue weighted by molar-refractivity contribution is 5.78. The van der Waals surface area contributed by atoms with Crippen LogP contribution < -0.4 is 5.32 Å². The van der Waals surface area contributed by atoms with Crippen LogP contribution in [-0.2, 0) is 4.79 Å². The van der Waals surface area contributed by atoms with Gasteiger partial charge in [-0.2, -0.15) is 0 Å². The molecule has 1 aromatic rings. The smallest absolute Gasteiger partial charge is 0.223 e. The van der Waals surface area contributed by atoms with Gasteiger partial charge in [0.15, 0.2) is 0 Å². The van der Waals surface area contributed by atoms with E-state index in [1.54, 1.807) is 0 Å². The number of carbonyl (C=O) groups is 1. The first kappa shape index (κ1) is 19.4. The number of hydrogen-bond acceptors (Lipinski definition) is 3. The average Bonchev–Trinajstić information content (AvgIpc) is 2.69. The first-order valence-electron chi connectivity index (χ1n) is 10.4. The fourth-order valence-corrected chi connectivity index (χ4v) is 4.42. The summed E-state index contributed by atoms with van der Waals surface area (Å²) in [5, 5.41) is 3.20. The number of nitrogens with one attached hydrogen (secondary N) is 1. The van der Waals surface area contributed by atoms with E-state index in [1.807, 2.05) is 0 Å². The van der Waals surface area contributed by atoms with Gasteiger partial charge in [0.05, 0.1) is 0 Å². The van der Waals surface area contributed by atoms with Crippen LogP contribution in [0.15, 0.2) is 30.3 Å². The molecule has 26 heavy (non-hydrogen) atoms. The normalized spacial score (nSPS) is 23.3. The Hall–Kier alpha value is -1.39. The fraction of sp³-hybridized carbons (Fsp3) is 0.682. The van der Waals surface area contributed by atoms with Crippen LogP contribution in [0.5, 0.6) is 0 Å². The molecule has 2 heterocycles. The SMILES string of the molecule is CC(C)N1CCC(C(=O)NCCN2CCCC(c3ccccc3)C2)CC1. The minimum atomic E-state index is 0.212. The standard InChI is InChI=1S/C22H35N3O/c1-18(2)25-14-10-20(11-15-25)22(26)23-12-16-24-13-6-9-21(17-24)19-7-4-3-5-8-19/h3-5,7-8,18,20-21H,6,9-17H2,1-2H3,(H,23,26). The number of carbonyl (C=O) groups excluding carboxylic acids is 1. The van der Waals surface area contributed by atoms with E-state index < -0.39 is 0 Å². The van der Waals surface area contributed by atoms with Gasteiger partial charge in [-0.3, -0.25) is 4.79 Å². The van der Waals surface area contributed by atoms with E-state index in [-0.39, 0.29) is 11.8 Å². The Morgan fingerprint density at radius 2 is 1.85 bits per heavy atom. The Bertz CT molecular complexity index is 552. The van der Waals surface area contributed by atoms with Crippen molar-refractivity contribution in [3.8, 4) is 0 Å². The zero-order valence-electron chi connectivity index (χ0n) is 16.5. The van der Waals surface area contributed by atoms with Crippen molar-refractivity contribution in [3.63, 3.8) is 0 Å². The van der Waals surface area contributed by atoms with Crippen LogP contribution >= 0.6 is 0 Å². The van der Waals surface area contributed by atoms with E-state index in [2.05, 4.69) is 59.3 Å². The Labute approximate surface area is 158 Å². The van der Waals surface area contributed by atoms with Crippen molar-refractivity contribution in [1.29, 1.82) is 0 Å². The maximum Gasteiger partial charge on any atom is 0.223 e. The van der Waals surface area contributed by atoms with E-state index in [0.717, 1.165) is 52.1 Å². The van der Waals surface area contributed by atoms with E-state index in [9.17, 15) is 4.79 Å². The van der Waals surface area contributed by atoms with Crippen molar-refractivity contribution >= 4 is 5.91 Å². The van der Waals surface area contributed by atoms with Crippen LogP contribution in [-0.4, -0.2) is 61.0 Å². The predicted molar refractivity (Wildman–Crippen MR) is 107 cm³/mol. The number of piperidine rings is 2. The molecule has 4 nitrogen and oxygen atoms in total. The molecule has 0 aromatic heterocycles. The Kier molecular flexibility index (Phi) is 7.09. The third-order valence-corrected chi connectivity index (χ3v) is 6.13. The van der Waals surface area contributed by atoms with Gasteiger partial charge in [-0.15, -0.1) is 0 Å². The summed E-state index contributed by atoms with van der Waals surface area (Å²) in [6.07, 6.45) is 4.54. The third-order valence-electron chi connectivity index (χ3n) is 6.13. The van der Waals surface area contributed by atoms with Crippen molar-refractivity contribution in [2.24, 2.45) is 5.92 Å². The highest BCUT2D eigenvalue weighted by Crippen LogP contribution is 2.26. The van der Waals surface area contributed by atoms with Crippen molar-refractivity contribution in [1.82, 2.24) is 15.1 Å². The summed E-state index contributed by atoms with van der Waals surface area (Å²) >= 11 is 0. The molecule has 0 bridgehead atoms. The Morgan fingerprint density at radius 3 is 2.54 bits per heavy atom.